The van der Waals surface area contributed by atoms with Gasteiger partial charge >= 0.3 is 6.61 Å². The maximum absolute atomic E-state index is 12.5. The number of para-hydroxylation sites is 1. The molecular weight excluding hydrogens is 340 g/mol. The second-order valence-corrected chi connectivity index (χ2v) is 5.36. The molecule has 132 valence electrons. The molecule has 0 radical (unpaired) electrons. The smallest absolute Gasteiger partial charge is 0.387 e. The summed E-state index contributed by atoms with van der Waals surface area (Å²) < 4.78 is 28.5. The first kappa shape index (κ1) is 17.5. The summed E-state index contributed by atoms with van der Waals surface area (Å²) in [6.07, 6.45) is 3.08. The number of alkyl halides is 2. The van der Waals surface area contributed by atoms with Crippen molar-refractivity contribution in [2.45, 2.75) is 6.61 Å². The van der Waals surface area contributed by atoms with Crippen molar-refractivity contribution in [2.75, 3.05) is 11.4 Å². The average molecular weight is 355 g/mol. The summed E-state index contributed by atoms with van der Waals surface area (Å²) in [5, 5.41) is 8.01. The Morgan fingerprint density at radius 3 is 2.58 bits per heavy atom. The zero-order chi connectivity index (χ0) is 18.5. The molecule has 0 saturated carbocycles. The van der Waals surface area contributed by atoms with E-state index in [1.54, 1.807) is 29.2 Å². The highest BCUT2D eigenvalue weighted by molar-refractivity contribution is 6.54. The topological polar surface area (TPSA) is 54.3 Å². The lowest BCUT2D eigenvalue weighted by Crippen LogP contribution is -2.30. The summed E-state index contributed by atoms with van der Waals surface area (Å²) >= 11 is 0. The van der Waals surface area contributed by atoms with E-state index in [9.17, 15) is 13.6 Å². The van der Waals surface area contributed by atoms with Gasteiger partial charge in [-0.25, -0.2) is 0 Å². The maximum Gasteiger partial charge on any atom is 0.387 e. The minimum absolute atomic E-state index is 0.0587. The fourth-order valence-electron chi connectivity index (χ4n) is 2.56. The van der Waals surface area contributed by atoms with Crippen LogP contribution in [0.1, 0.15) is 11.1 Å². The van der Waals surface area contributed by atoms with E-state index in [2.05, 4.69) is 21.5 Å². The van der Waals surface area contributed by atoms with E-state index in [4.69, 9.17) is 0 Å². The van der Waals surface area contributed by atoms with Crippen LogP contribution in [-0.4, -0.2) is 31.0 Å². The Bertz CT molecular complexity index is 877. The van der Waals surface area contributed by atoms with E-state index in [0.29, 0.717) is 17.7 Å². The third kappa shape index (κ3) is 3.66. The maximum atomic E-state index is 12.5. The predicted octanol–water partition coefficient (Wildman–Crippen LogP) is 3.64. The van der Waals surface area contributed by atoms with Gasteiger partial charge in [0.05, 0.1) is 11.9 Å². The fraction of sp³-hybridized carbons (Fsp3) is 0.105. The number of carbonyl (C=O) groups excluding carboxylic acids is 1. The highest BCUT2D eigenvalue weighted by atomic mass is 19.3. The molecule has 0 N–H and O–H groups in total. The van der Waals surface area contributed by atoms with Gasteiger partial charge in [-0.3, -0.25) is 4.79 Å². The van der Waals surface area contributed by atoms with Crippen LogP contribution < -0.4 is 9.64 Å². The third-order valence-electron chi connectivity index (χ3n) is 3.68. The van der Waals surface area contributed by atoms with E-state index in [1.165, 1.54) is 18.3 Å². The first-order chi connectivity index (χ1) is 12.6. The van der Waals surface area contributed by atoms with E-state index in [-0.39, 0.29) is 17.4 Å². The Balaban J connectivity index is 1.80. The summed E-state index contributed by atoms with van der Waals surface area (Å²) in [5.41, 5.74) is 2.35. The monoisotopic (exact) mass is 355 g/mol. The van der Waals surface area contributed by atoms with Crippen LogP contribution in [0.15, 0.2) is 71.4 Å². The SMILES string of the molecule is C=CCN1C(=O)/C(=N\N=C/c2ccc(OC(F)F)cc2)c2ccccc21. The van der Waals surface area contributed by atoms with Gasteiger partial charge in [-0.1, -0.05) is 24.3 Å². The number of carbonyl (C=O) groups is 1. The molecule has 0 saturated heterocycles. The molecule has 1 aliphatic heterocycles. The first-order valence-electron chi connectivity index (χ1n) is 7.78. The van der Waals surface area contributed by atoms with Crippen LogP contribution in [0.4, 0.5) is 14.5 Å². The van der Waals surface area contributed by atoms with Gasteiger partial charge in [0, 0.05) is 12.1 Å². The van der Waals surface area contributed by atoms with Crippen molar-refractivity contribution in [3.8, 4) is 5.75 Å². The van der Waals surface area contributed by atoms with Crippen molar-refractivity contribution >= 4 is 23.5 Å². The molecule has 0 aliphatic carbocycles. The lowest BCUT2D eigenvalue weighted by Gasteiger charge is -2.13. The quantitative estimate of drug-likeness (QED) is 0.451. The van der Waals surface area contributed by atoms with Crippen molar-refractivity contribution in [1.29, 1.82) is 0 Å². The third-order valence-corrected chi connectivity index (χ3v) is 3.68. The first-order valence-corrected chi connectivity index (χ1v) is 7.78. The van der Waals surface area contributed by atoms with Crippen LogP contribution in [0, 0.1) is 0 Å². The number of anilines is 1. The Labute approximate surface area is 148 Å². The minimum atomic E-state index is -2.87. The minimum Gasteiger partial charge on any atom is -0.435 e. The van der Waals surface area contributed by atoms with E-state index in [1.807, 2.05) is 18.2 Å². The highest BCUT2D eigenvalue weighted by Crippen LogP contribution is 2.29. The molecule has 1 amide bonds. The number of rotatable bonds is 6. The number of amides is 1. The number of hydrogen-bond donors (Lipinski definition) is 0. The van der Waals surface area contributed by atoms with Crippen molar-refractivity contribution in [1.82, 2.24) is 0 Å². The van der Waals surface area contributed by atoms with Gasteiger partial charge in [0.1, 0.15) is 5.75 Å². The number of ether oxygens (including phenoxy) is 1. The van der Waals surface area contributed by atoms with Gasteiger partial charge in [-0.05, 0) is 35.9 Å². The van der Waals surface area contributed by atoms with Gasteiger partial charge in [0.2, 0.25) is 0 Å². The van der Waals surface area contributed by atoms with E-state index >= 15 is 0 Å². The van der Waals surface area contributed by atoms with Crippen molar-refractivity contribution < 1.29 is 18.3 Å². The number of fused-ring (bicyclic) bond motifs is 1. The molecule has 5 nitrogen and oxygen atoms in total. The molecule has 0 bridgehead atoms. The van der Waals surface area contributed by atoms with Crippen molar-refractivity contribution in [3.63, 3.8) is 0 Å². The normalized spacial score (nSPS) is 15.1. The average Bonchev–Trinajstić information content (AvgIpc) is 2.89. The zero-order valence-electron chi connectivity index (χ0n) is 13.7. The van der Waals surface area contributed by atoms with Crippen LogP contribution in [0.25, 0.3) is 0 Å². The number of nitrogens with zero attached hydrogens (tertiary/aromatic N) is 3. The molecule has 0 spiro atoms. The molecule has 0 atom stereocenters. The molecule has 1 heterocycles. The molecule has 1 aliphatic rings. The summed E-state index contributed by atoms with van der Waals surface area (Å²) in [7, 11) is 0. The summed E-state index contributed by atoms with van der Waals surface area (Å²) in [5.74, 6) is -0.188. The van der Waals surface area contributed by atoms with Gasteiger partial charge in [-0.2, -0.15) is 13.9 Å². The Morgan fingerprint density at radius 1 is 1.15 bits per heavy atom. The molecule has 0 fully saturated rings. The summed E-state index contributed by atoms with van der Waals surface area (Å²) in [4.78, 5) is 14.1. The molecule has 0 aromatic heterocycles. The molecule has 2 aromatic rings. The van der Waals surface area contributed by atoms with Crippen LogP contribution in [-0.2, 0) is 4.79 Å². The van der Waals surface area contributed by atoms with Crippen LogP contribution in [0.5, 0.6) is 5.75 Å². The standard InChI is InChI=1S/C19H15F2N3O2/c1-2-11-24-16-6-4-3-5-15(16)17(18(24)25)23-22-12-13-7-9-14(10-8-13)26-19(20)21/h2-10,12,19H,1,11H2/b22-12-,23-17-. The number of halogens is 2. The van der Waals surface area contributed by atoms with Crippen molar-refractivity contribution in [3.05, 3.63) is 72.3 Å². The molecule has 3 rings (SSSR count). The van der Waals surface area contributed by atoms with E-state index in [0.717, 1.165) is 5.69 Å². The molecular formula is C19H15F2N3O2. The van der Waals surface area contributed by atoms with E-state index < -0.39 is 6.61 Å². The Hall–Kier alpha value is -3.35. The molecule has 7 heteroatoms. The lowest BCUT2D eigenvalue weighted by atomic mass is 10.1. The Morgan fingerprint density at radius 2 is 1.88 bits per heavy atom. The summed E-state index contributed by atoms with van der Waals surface area (Å²) in [6, 6.07) is 13.3. The van der Waals surface area contributed by atoms with Gasteiger partial charge < -0.3 is 9.64 Å². The summed E-state index contributed by atoms with van der Waals surface area (Å²) in [6.45, 7) is 1.17. The lowest BCUT2D eigenvalue weighted by molar-refractivity contribution is -0.112. The zero-order valence-corrected chi connectivity index (χ0v) is 13.7. The van der Waals surface area contributed by atoms with Gasteiger partial charge in [0.15, 0.2) is 5.71 Å². The van der Waals surface area contributed by atoms with Gasteiger partial charge in [-0.15, -0.1) is 11.7 Å². The predicted molar refractivity (Wildman–Crippen MR) is 96.2 cm³/mol. The molecule has 0 unspecified atom stereocenters. The van der Waals surface area contributed by atoms with Gasteiger partial charge in [0.25, 0.3) is 5.91 Å². The Kier molecular flexibility index (Phi) is 5.17. The van der Waals surface area contributed by atoms with Crippen LogP contribution >= 0.6 is 0 Å². The highest BCUT2D eigenvalue weighted by Gasteiger charge is 2.32. The largest absolute Gasteiger partial charge is 0.435 e. The van der Waals surface area contributed by atoms with Crippen molar-refractivity contribution in [2.24, 2.45) is 10.2 Å². The number of hydrogen-bond acceptors (Lipinski definition) is 4. The van der Waals surface area contributed by atoms with Crippen LogP contribution in [0.2, 0.25) is 0 Å². The molecule has 26 heavy (non-hydrogen) atoms. The second kappa shape index (κ2) is 7.69. The fourth-order valence-corrected chi connectivity index (χ4v) is 2.56. The molecule has 2 aromatic carbocycles. The number of benzene rings is 2. The second-order valence-electron chi connectivity index (χ2n) is 5.36. The van der Waals surface area contributed by atoms with Crippen LogP contribution in [0.3, 0.4) is 0 Å².